The fourth-order valence-electron chi connectivity index (χ4n) is 3.19. The van der Waals surface area contributed by atoms with Crippen molar-refractivity contribution in [3.8, 4) is 0 Å². The van der Waals surface area contributed by atoms with Crippen LogP contribution in [0.15, 0.2) is 30.5 Å². The zero-order valence-corrected chi connectivity index (χ0v) is 12.6. The maximum atomic E-state index is 12.4. The molecule has 1 saturated carbocycles. The molecule has 0 spiro atoms. The van der Waals surface area contributed by atoms with E-state index in [1.807, 2.05) is 12.1 Å². The first kappa shape index (κ1) is 14.1. The molecule has 0 unspecified atom stereocenters. The van der Waals surface area contributed by atoms with Gasteiger partial charge in [-0.05, 0) is 42.8 Å². The van der Waals surface area contributed by atoms with Crippen LogP contribution in [0.3, 0.4) is 0 Å². The second-order valence-corrected chi connectivity index (χ2v) is 6.10. The smallest absolute Gasteiger partial charge is 0.244 e. The van der Waals surface area contributed by atoms with Crippen molar-refractivity contribution in [2.24, 2.45) is 5.73 Å². The number of carbonyl (C=O) groups is 1. The Balaban J connectivity index is 1.83. The van der Waals surface area contributed by atoms with Gasteiger partial charge in [-0.3, -0.25) is 4.79 Å². The van der Waals surface area contributed by atoms with Gasteiger partial charge in [-0.25, -0.2) is 0 Å². The van der Waals surface area contributed by atoms with Gasteiger partial charge in [0.25, 0.3) is 0 Å². The van der Waals surface area contributed by atoms with E-state index >= 15 is 0 Å². The molecule has 0 aliphatic heterocycles. The van der Waals surface area contributed by atoms with Crippen LogP contribution in [0, 0.1) is 0 Å². The molecule has 0 atom stereocenters. The van der Waals surface area contributed by atoms with Crippen molar-refractivity contribution in [2.75, 3.05) is 5.32 Å². The molecule has 4 nitrogen and oxygen atoms in total. The highest BCUT2D eigenvalue weighted by Gasteiger charge is 2.36. The van der Waals surface area contributed by atoms with Gasteiger partial charge in [-0.15, -0.1) is 0 Å². The molecular weight excluding hydrogens is 262 g/mol. The van der Waals surface area contributed by atoms with Crippen molar-refractivity contribution in [3.05, 3.63) is 30.5 Å². The molecule has 0 bridgehead atoms. The third kappa shape index (κ3) is 2.68. The maximum absolute atomic E-state index is 12.4. The molecule has 21 heavy (non-hydrogen) atoms. The summed E-state index contributed by atoms with van der Waals surface area (Å²) in [7, 11) is 0. The SMILES string of the molecule is CCCn1ccc2ccc(NC(=O)C3(N)CCCC3)cc21. The molecule has 1 amide bonds. The predicted octanol–water partition coefficient (Wildman–Crippen LogP) is 3.26. The van der Waals surface area contributed by atoms with E-state index in [0.29, 0.717) is 0 Å². The molecule has 1 fully saturated rings. The highest BCUT2D eigenvalue weighted by atomic mass is 16.2. The summed E-state index contributed by atoms with van der Waals surface area (Å²) in [5.41, 5.74) is 7.52. The lowest BCUT2D eigenvalue weighted by atomic mass is 9.98. The Hall–Kier alpha value is -1.81. The van der Waals surface area contributed by atoms with E-state index in [-0.39, 0.29) is 5.91 Å². The van der Waals surface area contributed by atoms with Crippen molar-refractivity contribution >= 4 is 22.5 Å². The summed E-state index contributed by atoms with van der Waals surface area (Å²) < 4.78 is 2.22. The number of rotatable bonds is 4. The molecule has 3 rings (SSSR count). The number of nitrogens with one attached hydrogen (secondary N) is 1. The maximum Gasteiger partial charge on any atom is 0.244 e. The minimum absolute atomic E-state index is 0.0482. The number of anilines is 1. The van der Waals surface area contributed by atoms with Crippen LogP contribution in [0.25, 0.3) is 10.9 Å². The lowest BCUT2D eigenvalue weighted by molar-refractivity contribution is -0.121. The number of aryl methyl sites for hydroxylation is 1. The summed E-state index contributed by atoms with van der Waals surface area (Å²) >= 11 is 0. The van der Waals surface area contributed by atoms with Gasteiger partial charge in [0.2, 0.25) is 5.91 Å². The Morgan fingerprint density at radius 2 is 2.10 bits per heavy atom. The second kappa shape index (κ2) is 5.53. The number of fused-ring (bicyclic) bond motifs is 1. The van der Waals surface area contributed by atoms with Crippen molar-refractivity contribution in [1.29, 1.82) is 0 Å². The summed E-state index contributed by atoms with van der Waals surface area (Å²) in [6.07, 6.45) is 6.85. The minimum Gasteiger partial charge on any atom is -0.347 e. The number of aromatic nitrogens is 1. The third-order valence-corrected chi connectivity index (χ3v) is 4.44. The highest BCUT2D eigenvalue weighted by molar-refractivity contribution is 5.99. The molecule has 1 aliphatic carbocycles. The first-order valence-corrected chi connectivity index (χ1v) is 7.82. The van der Waals surface area contributed by atoms with E-state index in [9.17, 15) is 4.79 Å². The van der Waals surface area contributed by atoms with Gasteiger partial charge in [-0.2, -0.15) is 0 Å². The molecule has 1 aromatic heterocycles. The first-order chi connectivity index (χ1) is 10.1. The number of hydrogen-bond donors (Lipinski definition) is 2. The predicted molar refractivity (Wildman–Crippen MR) is 86.2 cm³/mol. The molecule has 1 heterocycles. The average Bonchev–Trinajstić information content (AvgIpc) is 3.07. The van der Waals surface area contributed by atoms with Gasteiger partial charge in [0.15, 0.2) is 0 Å². The quantitative estimate of drug-likeness (QED) is 0.905. The molecule has 112 valence electrons. The van der Waals surface area contributed by atoms with Gasteiger partial charge in [0.1, 0.15) is 0 Å². The fraction of sp³-hybridized carbons (Fsp3) is 0.471. The van der Waals surface area contributed by atoms with E-state index in [0.717, 1.165) is 49.9 Å². The van der Waals surface area contributed by atoms with Crippen LogP contribution in [0.1, 0.15) is 39.0 Å². The van der Waals surface area contributed by atoms with Crippen LogP contribution in [-0.2, 0) is 11.3 Å². The summed E-state index contributed by atoms with van der Waals surface area (Å²) in [4.78, 5) is 12.4. The molecule has 3 N–H and O–H groups in total. The van der Waals surface area contributed by atoms with Gasteiger partial charge in [0.05, 0.1) is 11.1 Å². The summed E-state index contributed by atoms with van der Waals surface area (Å²) in [5, 5.41) is 4.20. The lowest BCUT2D eigenvalue weighted by Gasteiger charge is -2.22. The largest absolute Gasteiger partial charge is 0.347 e. The Morgan fingerprint density at radius 1 is 1.33 bits per heavy atom. The monoisotopic (exact) mass is 285 g/mol. The van der Waals surface area contributed by atoms with Gasteiger partial charge < -0.3 is 15.6 Å². The number of nitrogens with two attached hydrogens (primary N) is 1. The topological polar surface area (TPSA) is 60.0 Å². The van der Waals surface area contributed by atoms with Crippen molar-refractivity contribution < 1.29 is 4.79 Å². The summed E-state index contributed by atoms with van der Waals surface area (Å²) in [5.74, 6) is -0.0482. The van der Waals surface area contributed by atoms with E-state index in [1.54, 1.807) is 0 Å². The Morgan fingerprint density at radius 3 is 2.81 bits per heavy atom. The standard InChI is InChI=1S/C17H23N3O/c1-2-10-20-11-7-13-5-6-14(12-15(13)20)19-16(21)17(18)8-3-4-9-17/h5-7,11-12H,2-4,8-10,18H2,1H3,(H,19,21). The van der Waals surface area contributed by atoms with Crippen LogP contribution in [0.5, 0.6) is 0 Å². The molecule has 1 aromatic carbocycles. The van der Waals surface area contributed by atoms with Crippen LogP contribution in [-0.4, -0.2) is 16.0 Å². The zero-order chi connectivity index (χ0) is 14.9. The molecule has 0 radical (unpaired) electrons. The Labute approximate surface area is 125 Å². The van der Waals surface area contributed by atoms with Gasteiger partial charge in [0, 0.05) is 18.4 Å². The van der Waals surface area contributed by atoms with E-state index in [1.165, 1.54) is 5.39 Å². The van der Waals surface area contributed by atoms with E-state index in [4.69, 9.17) is 5.73 Å². The van der Waals surface area contributed by atoms with E-state index in [2.05, 4.69) is 35.1 Å². The number of hydrogen-bond acceptors (Lipinski definition) is 2. The van der Waals surface area contributed by atoms with Crippen LogP contribution < -0.4 is 11.1 Å². The van der Waals surface area contributed by atoms with Gasteiger partial charge in [-0.1, -0.05) is 25.8 Å². The number of carbonyl (C=O) groups excluding carboxylic acids is 1. The average molecular weight is 285 g/mol. The lowest BCUT2D eigenvalue weighted by Crippen LogP contribution is -2.48. The van der Waals surface area contributed by atoms with Crippen LogP contribution >= 0.6 is 0 Å². The molecular formula is C17H23N3O. The minimum atomic E-state index is -0.680. The Kier molecular flexibility index (Phi) is 3.72. The van der Waals surface area contributed by atoms with Crippen LogP contribution in [0.4, 0.5) is 5.69 Å². The summed E-state index contributed by atoms with van der Waals surface area (Å²) in [6.45, 7) is 3.15. The summed E-state index contributed by atoms with van der Waals surface area (Å²) in [6, 6.07) is 8.16. The van der Waals surface area contributed by atoms with Crippen molar-refractivity contribution in [1.82, 2.24) is 4.57 Å². The molecule has 0 saturated heterocycles. The highest BCUT2D eigenvalue weighted by Crippen LogP contribution is 2.29. The third-order valence-electron chi connectivity index (χ3n) is 4.44. The molecule has 1 aliphatic rings. The fourth-order valence-corrected chi connectivity index (χ4v) is 3.19. The molecule has 4 heteroatoms. The van der Waals surface area contributed by atoms with Gasteiger partial charge >= 0.3 is 0 Å². The number of amides is 1. The Bertz CT molecular complexity index is 653. The van der Waals surface area contributed by atoms with Crippen LogP contribution in [0.2, 0.25) is 0 Å². The normalized spacial score (nSPS) is 17.2. The first-order valence-electron chi connectivity index (χ1n) is 7.82. The molecule has 2 aromatic rings. The second-order valence-electron chi connectivity index (χ2n) is 6.10. The van der Waals surface area contributed by atoms with Crippen molar-refractivity contribution in [3.63, 3.8) is 0 Å². The number of benzene rings is 1. The van der Waals surface area contributed by atoms with E-state index < -0.39 is 5.54 Å². The number of nitrogens with zero attached hydrogens (tertiary/aromatic N) is 1. The van der Waals surface area contributed by atoms with Crippen molar-refractivity contribution in [2.45, 2.75) is 51.1 Å². The zero-order valence-electron chi connectivity index (χ0n) is 12.6.